The maximum atomic E-state index is 13.0. The monoisotopic (exact) mass is 361 g/mol. The Morgan fingerprint density at radius 1 is 1.15 bits per heavy atom. The molecule has 2 rings (SSSR count). The fourth-order valence-electron chi connectivity index (χ4n) is 3.39. The molecule has 1 saturated heterocycles. The topological polar surface area (TPSA) is 58.8 Å². The average molecular weight is 362 g/mol. The molecule has 0 bridgehead atoms. The first-order valence-corrected chi connectivity index (χ1v) is 10.1. The number of carbonyl (C=O) groups excluding carboxylic acids is 1. The summed E-state index contributed by atoms with van der Waals surface area (Å²) in [5.41, 5.74) is 6.78. The minimum atomic E-state index is -0.407. The molecule has 1 aromatic rings. The standard InChI is InChI=1S/C21H35N3O2/c1-4-17(3)18-9-6-7-10-20(18)26-19(5-2)21(25)24-15-13-23(14-16-24)12-8-11-22/h6-7,9-10,17,19H,4-5,8,11-16,22H2,1-3H3. The molecule has 1 aromatic carbocycles. The Balaban J connectivity index is 1.98. The third kappa shape index (κ3) is 5.45. The maximum absolute atomic E-state index is 13.0. The lowest BCUT2D eigenvalue weighted by atomic mass is 9.98. The highest BCUT2D eigenvalue weighted by Crippen LogP contribution is 2.29. The van der Waals surface area contributed by atoms with Gasteiger partial charge < -0.3 is 15.4 Å². The van der Waals surface area contributed by atoms with Crippen LogP contribution in [0.5, 0.6) is 5.75 Å². The van der Waals surface area contributed by atoms with Gasteiger partial charge >= 0.3 is 0 Å². The Bertz CT molecular complexity index is 556. The van der Waals surface area contributed by atoms with E-state index in [-0.39, 0.29) is 5.91 Å². The number of benzene rings is 1. The Morgan fingerprint density at radius 3 is 2.46 bits per heavy atom. The molecule has 1 amide bonds. The van der Waals surface area contributed by atoms with E-state index in [0.717, 1.165) is 57.9 Å². The minimum absolute atomic E-state index is 0.116. The molecule has 1 aliphatic heterocycles. The van der Waals surface area contributed by atoms with Crippen LogP contribution >= 0.6 is 0 Å². The molecule has 1 fully saturated rings. The molecule has 26 heavy (non-hydrogen) atoms. The zero-order valence-corrected chi connectivity index (χ0v) is 16.6. The van der Waals surface area contributed by atoms with Crippen molar-refractivity contribution in [3.05, 3.63) is 29.8 Å². The van der Waals surface area contributed by atoms with E-state index in [0.29, 0.717) is 12.3 Å². The first kappa shape index (κ1) is 20.7. The smallest absolute Gasteiger partial charge is 0.263 e. The molecule has 1 heterocycles. The second-order valence-electron chi connectivity index (χ2n) is 7.17. The van der Waals surface area contributed by atoms with Gasteiger partial charge in [-0.15, -0.1) is 0 Å². The molecule has 0 aliphatic carbocycles. The summed E-state index contributed by atoms with van der Waals surface area (Å²) in [6.45, 7) is 11.5. The van der Waals surface area contributed by atoms with Gasteiger partial charge in [-0.25, -0.2) is 0 Å². The van der Waals surface area contributed by atoms with Crippen molar-refractivity contribution < 1.29 is 9.53 Å². The summed E-state index contributed by atoms with van der Waals surface area (Å²) in [7, 11) is 0. The van der Waals surface area contributed by atoms with E-state index in [2.05, 4.69) is 24.8 Å². The van der Waals surface area contributed by atoms with E-state index in [1.165, 1.54) is 5.56 Å². The van der Waals surface area contributed by atoms with Crippen molar-refractivity contribution in [1.29, 1.82) is 0 Å². The van der Waals surface area contributed by atoms with E-state index < -0.39 is 6.10 Å². The predicted molar refractivity (Wildman–Crippen MR) is 107 cm³/mol. The molecule has 2 atom stereocenters. The quantitative estimate of drug-likeness (QED) is 0.735. The Labute approximate surface area is 158 Å². The molecule has 2 unspecified atom stereocenters. The van der Waals surface area contributed by atoms with E-state index in [1.54, 1.807) is 0 Å². The van der Waals surface area contributed by atoms with Crippen molar-refractivity contribution in [2.45, 2.75) is 52.1 Å². The summed E-state index contributed by atoms with van der Waals surface area (Å²) in [5.74, 6) is 1.39. The Kier molecular flexibility index (Phi) is 8.39. The van der Waals surface area contributed by atoms with Gasteiger partial charge in [0.25, 0.3) is 5.91 Å². The Morgan fingerprint density at radius 2 is 1.85 bits per heavy atom. The van der Waals surface area contributed by atoms with Crippen LogP contribution in [0.2, 0.25) is 0 Å². The average Bonchev–Trinajstić information content (AvgIpc) is 2.70. The van der Waals surface area contributed by atoms with E-state index in [4.69, 9.17) is 10.5 Å². The third-order valence-corrected chi connectivity index (χ3v) is 5.34. The molecule has 5 heteroatoms. The summed E-state index contributed by atoms with van der Waals surface area (Å²) in [6, 6.07) is 8.12. The number of nitrogens with two attached hydrogens (primary N) is 1. The molecular formula is C21H35N3O2. The fraction of sp³-hybridized carbons (Fsp3) is 0.667. The van der Waals surface area contributed by atoms with Gasteiger partial charge in [0.15, 0.2) is 6.10 Å². The highest BCUT2D eigenvalue weighted by molar-refractivity contribution is 5.81. The van der Waals surface area contributed by atoms with Crippen LogP contribution in [0.15, 0.2) is 24.3 Å². The second kappa shape index (κ2) is 10.5. The summed E-state index contributed by atoms with van der Waals surface area (Å²) >= 11 is 0. The molecule has 5 nitrogen and oxygen atoms in total. The van der Waals surface area contributed by atoms with Crippen molar-refractivity contribution in [3.63, 3.8) is 0 Å². The molecule has 0 aromatic heterocycles. The number of para-hydroxylation sites is 1. The lowest BCUT2D eigenvalue weighted by Gasteiger charge is -2.36. The van der Waals surface area contributed by atoms with E-state index >= 15 is 0 Å². The van der Waals surface area contributed by atoms with Gasteiger partial charge in [-0.2, -0.15) is 0 Å². The molecule has 0 spiro atoms. The van der Waals surface area contributed by atoms with Crippen LogP contribution in [0.1, 0.15) is 51.5 Å². The van der Waals surface area contributed by atoms with Crippen molar-refractivity contribution in [3.8, 4) is 5.75 Å². The van der Waals surface area contributed by atoms with Crippen LogP contribution in [-0.4, -0.2) is 61.1 Å². The summed E-state index contributed by atoms with van der Waals surface area (Å²) in [6.07, 6.45) is 2.34. The summed E-state index contributed by atoms with van der Waals surface area (Å²) < 4.78 is 6.20. The minimum Gasteiger partial charge on any atom is -0.480 e. The van der Waals surface area contributed by atoms with Crippen LogP contribution in [0.4, 0.5) is 0 Å². The number of amides is 1. The van der Waals surface area contributed by atoms with Crippen LogP contribution in [0.25, 0.3) is 0 Å². The number of hydrogen-bond donors (Lipinski definition) is 1. The highest BCUT2D eigenvalue weighted by Gasteiger charge is 2.28. The van der Waals surface area contributed by atoms with Gasteiger partial charge in [-0.3, -0.25) is 9.69 Å². The molecular weight excluding hydrogens is 326 g/mol. The molecule has 0 radical (unpaired) electrons. The number of ether oxygens (including phenoxy) is 1. The van der Waals surface area contributed by atoms with Crippen LogP contribution in [0.3, 0.4) is 0 Å². The largest absolute Gasteiger partial charge is 0.480 e. The number of hydrogen-bond acceptors (Lipinski definition) is 4. The van der Waals surface area contributed by atoms with Crippen molar-refractivity contribution in [2.75, 3.05) is 39.3 Å². The molecule has 2 N–H and O–H groups in total. The fourth-order valence-corrected chi connectivity index (χ4v) is 3.39. The number of rotatable bonds is 9. The van der Waals surface area contributed by atoms with E-state index in [1.807, 2.05) is 30.0 Å². The van der Waals surface area contributed by atoms with Gasteiger partial charge in [-0.05, 0) is 49.9 Å². The van der Waals surface area contributed by atoms with Crippen molar-refractivity contribution in [1.82, 2.24) is 9.80 Å². The Hall–Kier alpha value is -1.59. The first-order valence-electron chi connectivity index (χ1n) is 10.1. The lowest BCUT2D eigenvalue weighted by Crippen LogP contribution is -2.52. The summed E-state index contributed by atoms with van der Waals surface area (Å²) in [5, 5.41) is 0. The number of piperazine rings is 1. The highest BCUT2D eigenvalue weighted by atomic mass is 16.5. The molecule has 146 valence electrons. The van der Waals surface area contributed by atoms with Crippen LogP contribution < -0.4 is 10.5 Å². The van der Waals surface area contributed by atoms with Crippen LogP contribution in [0, 0.1) is 0 Å². The SMILES string of the molecule is CCC(Oc1ccccc1C(C)CC)C(=O)N1CCN(CCCN)CC1. The number of carbonyl (C=O) groups is 1. The zero-order chi connectivity index (χ0) is 18.9. The van der Waals surface area contributed by atoms with Gasteiger partial charge in [0.2, 0.25) is 0 Å². The zero-order valence-electron chi connectivity index (χ0n) is 16.6. The van der Waals surface area contributed by atoms with Crippen molar-refractivity contribution >= 4 is 5.91 Å². The molecule has 1 aliphatic rings. The first-order chi connectivity index (χ1) is 12.6. The van der Waals surface area contributed by atoms with Gasteiger partial charge in [0.1, 0.15) is 5.75 Å². The normalized spacial score (nSPS) is 17.8. The maximum Gasteiger partial charge on any atom is 0.263 e. The van der Waals surface area contributed by atoms with Gasteiger partial charge in [0, 0.05) is 26.2 Å². The van der Waals surface area contributed by atoms with Crippen molar-refractivity contribution in [2.24, 2.45) is 5.73 Å². The summed E-state index contributed by atoms with van der Waals surface area (Å²) in [4.78, 5) is 17.3. The lowest BCUT2D eigenvalue weighted by molar-refractivity contribution is -0.140. The van der Waals surface area contributed by atoms with Gasteiger partial charge in [0.05, 0.1) is 0 Å². The van der Waals surface area contributed by atoms with Gasteiger partial charge in [-0.1, -0.05) is 39.0 Å². The van der Waals surface area contributed by atoms with E-state index in [9.17, 15) is 4.79 Å². The predicted octanol–water partition coefficient (Wildman–Crippen LogP) is 2.85. The second-order valence-corrected chi connectivity index (χ2v) is 7.17. The third-order valence-electron chi connectivity index (χ3n) is 5.34. The molecule has 0 saturated carbocycles. The number of nitrogens with zero attached hydrogens (tertiary/aromatic N) is 2. The van der Waals surface area contributed by atoms with Crippen LogP contribution in [-0.2, 0) is 4.79 Å².